The van der Waals surface area contributed by atoms with E-state index in [0.717, 1.165) is 22.0 Å². The van der Waals surface area contributed by atoms with Crippen molar-refractivity contribution < 1.29 is 14.4 Å². The maximum atomic E-state index is 13.4. The molecule has 0 fully saturated rings. The first-order valence-corrected chi connectivity index (χ1v) is 12.0. The highest BCUT2D eigenvalue weighted by Gasteiger charge is 2.31. The number of anilines is 1. The van der Waals surface area contributed by atoms with Crippen LogP contribution in [0.1, 0.15) is 49.0 Å². The number of nitrogens with zero attached hydrogens (tertiary/aromatic N) is 2. The van der Waals surface area contributed by atoms with Crippen LogP contribution >= 0.6 is 0 Å². The van der Waals surface area contributed by atoms with Gasteiger partial charge >= 0.3 is 0 Å². The summed E-state index contributed by atoms with van der Waals surface area (Å²) in [5, 5.41) is 4.89. The maximum absolute atomic E-state index is 13.4. The summed E-state index contributed by atoms with van der Waals surface area (Å²) >= 11 is 0. The third kappa shape index (κ3) is 4.67. The van der Waals surface area contributed by atoms with Gasteiger partial charge < -0.3 is 15.1 Å². The van der Waals surface area contributed by atoms with E-state index in [0.29, 0.717) is 38.0 Å². The fraction of sp³-hybridized carbons (Fsp3) is 0.321. The van der Waals surface area contributed by atoms with Crippen LogP contribution in [0.2, 0.25) is 0 Å². The maximum Gasteiger partial charge on any atom is 0.258 e. The standard InChI is InChI=1S/C28H31N3O3/c1-3-23(27(33)29-4-2)31(19-20-11-6-5-7-12-20)25(32)17-10-18-30-24-16-9-14-21-13-8-15-22(26(21)24)28(30)34/h5-9,11-16,23H,3-4,10,17-19H2,1-2H3,(H,29,33). The van der Waals surface area contributed by atoms with E-state index in [1.807, 2.05) is 80.6 Å². The molecule has 3 aromatic rings. The monoisotopic (exact) mass is 457 g/mol. The Labute approximate surface area is 200 Å². The number of likely N-dealkylation sites (N-methyl/N-ethyl adjacent to an activating group) is 1. The van der Waals surface area contributed by atoms with E-state index in [9.17, 15) is 14.4 Å². The van der Waals surface area contributed by atoms with E-state index >= 15 is 0 Å². The largest absolute Gasteiger partial charge is 0.355 e. The smallest absolute Gasteiger partial charge is 0.258 e. The van der Waals surface area contributed by atoms with Gasteiger partial charge in [0, 0.05) is 37.0 Å². The van der Waals surface area contributed by atoms with Gasteiger partial charge in [0.2, 0.25) is 11.8 Å². The molecule has 1 aliphatic heterocycles. The summed E-state index contributed by atoms with van der Waals surface area (Å²) in [5.41, 5.74) is 2.60. The molecule has 1 unspecified atom stereocenters. The second-order valence-electron chi connectivity index (χ2n) is 8.57. The van der Waals surface area contributed by atoms with Crippen molar-refractivity contribution >= 4 is 34.2 Å². The SMILES string of the molecule is CCNC(=O)C(CC)N(Cc1ccccc1)C(=O)CCCN1C(=O)c2cccc3cccc1c23. The lowest BCUT2D eigenvalue weighted by atomic mass is 10.1. The summed E-state index contributed by atoms with van der Waals surface area (Å²) in [4.78, 5) is 42.5. The number of carbonyl (C=O) groups is 3. The van der Waals surface area contributed by atoms with Crippen LogP contribution in [0.5, 0.6) is 0 Å². The van der Waals surface area contributed by atoms with Crippen molar-refractivity contribution in [3.63, 3.8) is 0 Å². The molecule has 6 heteroatoms. The minimum Gasteiger partial charge on any atom is -0.355 e. The minimum atomic E-state index is -0.529. The molecule has 0 aliphatic carbocycles. The topological polar surface area (TPSA) is 69.7 Å². The Hall–Kier alpha value is -3.67. The van der Waals surface area contributed by atoms with E-state index in [-0.39, 0.29) is 24.1 Å². The van der Waals surface area contributed by atoms with Crippen molar-refractivity contribution in [2.45, 2.75) is 45.7 Å². The molecule has 34 heavy (non-hydrogen) atoms. The Bertz CT molecular complexity index is 1190. The fourth-order valence-corrected chi connectivity index (χ4v) is 4.72. The van der Waals surface area contributed by atoms with E-state index < -0.39 is 6.04 Å². The number of nitrogens with one attached hydrogen (secondary N) is 1. The average Bonchev–Trinajstić information content (AvgIpc) is 3.13. The lowest BCUT2D eigenvalue weighted by molar-refractivity contribution is -0.141. The van der Waals surface area contributed by atoms with Gasteiger partial charge in [0.1, 0.15) is 6.04 Å². The molecule has 0 aromatic heterocycles. The van der Waals surface area contributed by atoms with Gasteiger partial charge in [-0.15, -0.1) is 0 Å². The molecule has 1 aliphatic rings. The van der Waals surface area contributed by atoms with E-state index in [1.54, 1.807) is 9.80 Å². The van der Waals surface area contributed by atoms with Gasteiger partial charge in [-0.3, -0.25) is 14.4 Å². The van der Waals surface area contributed by atoms with Crippen LogP contribution in [-0.2, 0) is 16.1 Å². The number of rotatable bonds is 10. The molecule has 0 spiro atoms. The predicted octanol–water partition coefficient (Wildman–Crippen LogP) is 4.52. The number of amides is 3. The first kappa shape index (κ1) is 23.5. The van der Waals surface area contributed by atoms with Gasteiger partial charge in [0.25, 0.3) is 5.91 Å². The third-order valence-corrected chi connectivity index (χ3v) is 6.35. The molecule has 176 valence electrons. The van der Waals surface area contributed by atoms with Crippen molar-refractivity contribution in [2.24, 2.45) is 0 Å². The van der Waals surface area contributed by atoms with Crippen molar-refractivity contribution in [1.29, 1.82) is 0 Å². The van der Waals surface area contributed by atoms with Crippen LogP contribution in [0.4, 0.5) is 5.69 Å². The highest BCUT2D eigenvalue weighted by molar-refractivity contribution is 6.25. The summed E-state index contributed by atoms with van der Waals surface area (Å²) in [7, 11) is 0. The van der Waals surface area contributed by atoms with Gasteiger partial charge in [-0.25, -0.2) is 0 Å². The van der Waals surface area contributed by atoms with Crippen molar-refractivity contribution in [3.05, 3.63) is 77.9 Å². The minimum absolute atomic E-state index is 0.0193. The molecule has 6 nitrogen and oxygen atoms in total. The third-order valence-electron chi connectivity index (χ3n) is 6.35. The number of hydrogen-bond donors (Lipinski definition) is 1. The van der Waals surface area contributed by atoms with Crippen molar-refractivity contribution in [3.8, 4) is 0 Å². The zero-order valence-electron chi connectivity index (χ0n) is 19.8. The second-order valence-corrected chi connectivity index (χ2v) is 8.57. The van der Waals surface area contributed by atoms with Crippen molar-refractivity contribution in [1.82, 2.24) is 10.2 Å². The molecule has 1 heterocycles. The first-order valence-electron chi connectivity index (χ1n) is 12.0. The quantitative estimate of drug-likeness (QED) is 0.487. The fourth-order valence-electron chi connectivity index (χ4n) is 4.72. The Morgan fingerprint density at radius 2 is 1.71 bits per heavy atom. The normalized spacial score (nSPS) is 13.2. The molecule has 0 saturated heterocycles. The zero-order valence-corrected chi connectivity index (χ0v) is 19.8. The highest BCUT2D eigenvalue weighted by Crippen LogP contribution is 2.37. The van der Waals surface area contributed by atoms with Crippen LogP contribution in [0, 0.1) is 0 Å². The van der Waals surface area contributed by atoms with Crippen LogP contribution in [0.25, 0.3) is 10.8 Å². The Balaban J connectivity index is 1.47. The van der Waals surface area contributed by atoms with E-state index in [4.69, 9.17) is 0 Å². The summed E-state index contributed by atoms with van der Waals surface area (Å²) in [6.45, 7) is 5.15. The van der Waals surface area contributed by atoms with Crippen LogP contribution in [0.15, 0.2) is 66.7 Å². The molecule has 0 saturated carbocycles. The molecule has 0 bridgehead atoms. The van der Waals surface area contributed by atoms with Crippen LogP contribution in [0.3, 0.4) is 0 Å². The molecular formula is C28H31N3O3. The Kier molecular flexibility index (Phi) is 7.26. The molecular weight excluding hydrogens is 426 g/mol. The summed E-state index contributed by atoms with van der Waals surface area (Å²) < 4.78 is 0. The van der Waals surface area contributed by atoms with E-state index in [2.05, 4.69) is 5.32 Å². The first-order chi connectivity index (χ1) is 16.5. The van der Waals surface area contributed by atoms with Gasteiger partial charge in [-0.05, 0) is 42.8 Å². The van der Waals surface area contributed by atoms with Gasteiger partial charge in [0.15, 0.2) is 0 Å². The Morgan fingerprint density at radius 3 is 2.41 bits per heavy atom. The van der Waals surface area contributed by atoms with Crippen LogP contribution < -0.4 is 10.2 Å². The summed E-state index contributed by atoms with van der Waals surface area (Å²) in [6, 6.07) is 20.9. The van der Waals surface area contributed by atoms with Crippen LogP contribution in [-0.4, -0.2) is 41.8 Å². The lowest BCUT2D eigenvalue weighted by Crippen LogP contribution is -2.49. The lowest BCUT2D eigenvalue weighted by Gasteiger charge is -2.31. The molecule has 3 aromatic carbocycles. The Morgan fingerprint density at radius 1 is 0.971 bits per heavy atom. The number of carbonyl (C=O) groups excluding carboxylic acids is 3. The molecule has 0 radical (unpaired) electrons. The van der Waals surface area contributed by atoms with Gasteiger partial charge in [-0.1, -0.05) is 61.5 Å². The zero-order chi connectivity index (χ0) is 24.1. The summed E-state index contributed by atoms with van der Waals surface area (Å²) in [6.07, 6.45) is 1.32. The number of hydrogen-bond acceptors (Lipinski definition) is 3. The van der Waals surface area contributed by atoms with Crippen molar-refractivity contribution in [2.75, 3.05) is 18.0 Å². The van der Waals surface area contributed by atoms with E-state index in [1.165, 1.54) is 0 Å². The average molecular weight is 458 g/mol. The second kappa shape index (κ2) is 10.5. The highest BCUT2D eigenvalue weighted by atomic mass is 16.2. The number of benzene rings is 3. The predicted molar refractivity (Wildman–Crippen MR) is 135 cm³/mol. The summed E-state index contributed by atoms with van der Waals surface area (Å²) in [5.74, 6) is -0.232. The van der Waals surface area contributed by atoms with Gasteiger partial charge in [-0.2, -0.15) is 0 Å². The molecule has 1 atom stereocenters. The molecule has 1 N–H and O–H groups in total. The molecule has 3 amide bonds. The molecule has 4 rings (SSSR count). The van der Waals surface area contributed by atoms with Gasteiger partial charge in [0.05, 0.1) is 5.69 Å².